The van der Waals surface area contributed by atoms with E-state index in [0.717, 1.165) is 31.5 Å². The van der Waals surface area contributed by atoms with Gasteiger partial charge in [0.1, 0.15) is 0 Å². The number of nitrogens with zero attached hydrogens (tertiary/aromatic N) is 2. The lowest BCUT2D eigenvalue weighted by Gasteiger charge is -2.15. The van der Waals surface area contributed by atoms with Gasteiger partial charge in [0, 0.05) is 19.3 Å². The quantitative estimate of drug-likeness (QED) is 0.684. The largest absolute Gasteiger partial charge is 0.478 e. The molecular formula is C13H20N2O3. The summed E-state index contributed by atoms with van der Waals surface area (Å²) >= 11 is 0. The van der Waals surface area contributed by atoms with Gasteiger partial charge in [0.05, 0.1) is 11.3 Å². The van der Waals surface area contributed by atoms with Crippen molar-refractivity contribution in [2.75, 3.05) is 20.2 Å². The van der Waals surface area contributed by atoms with Crippen LogP contribution in [-0.4, -0.2) is 46.3 Å². The molecule has 0 aliphatic rings. The van der Waals surface area contributed by atoms with E-state index in [1.165, 1.54) is 6.20 Å². The lowest BCUT2D eigenvalue weighted by atomic mass is 10.2. The SMILES string of the molecule is CN(CCCCCO)Cc1ccc(C(=O)O)cn1. The maximum atomic E-state index is 10.7. The average Bonchev–Trinajstić information content (AvgIpc) is 2.35. The second-order valence-corrected chi connectivity index (χ2v) is 4.37. The van der Waals surface area contributed by atoms with E-state index in [1.807, 2.05) is 7.05 Å². The number of carboxylic acid groups (broad SMARTS) is 1. The van der Waals surface area contributed by atoms with Crippen LogP contribution in [0.1, 0.15) is 35.3 Å². The van der Waals surface area contributed by atoms with Crippen LogP contribution in [-0.2, 0) is 6.54 Å². The molecule has 0 bridgehead atoms. The highest BCUT2D eigenvalue weighted by Crippen LogP contribution is 2.04. The Bertz CT molecular complexity index is 365. The Morgan fingerprint density at radius 3 is 2.67 bits per heavy atom. The van der Waals surface area contributed by atoms with Crippen molar-refractivity contribution in [1.82, 2.24) is 9.88 Å². The minimum absolute atomic E-state index is 0.212. The summed E-state index contributed by atoms with van der Waals surface area (Å²) in [6, 6.07) is 3.32. The summed E-state index contributed by atoms with van der Waals surface area (Å²) in [7, 11) is 2.01. The molecule has 5 heteroatoms. The molecule has 0 amide bonds. The smallest absolute Gasteiger partial charge is 0.337 e. The third-order valence-corrected chi connectivity index (χ3v) is 2.70. The molecular weight excluding hydrogens is 232 g/mol. The van der Waals surface area contributed by atoms with Gasteiger partial charge in [-0.25, -0.2) is 4.79 Å². The van der Waals surface area contributed by atoms with E-state index in [4.69, 9.17) is 10.2 Å². The first-order chi connectivity index (χ1) is 8.63. The van der Waals surface area contributed by atoms with Crippen molar-refractivity contribution < 1.29 is 15.0 Å². The summed E-state index contributed by atoms with van der Waals surface area (Å²) in [4.78, 5) is 16.9. The van der Waals surface area contributed by atoms with E-state index in [1.54, 1.807) is 12.1 Å². The number of hydrogen-bond acceptors (Lipinski definition) is 4. The lowest BCUT2D eigenvalue weighted by molar-refractivity contribution is 0.0696. The molecule has 0 atom stereocenters. The average molecular weight is 252 g/mol. The van der Waals surface area contributed by atoms with Gasteiger partial charge in [0.25, 0.3) is 0 Å². The predicted molar refractivity (Wildman–Crippen MR) is 68.5 cm³/mol. The molecule has 0 spiro atoms. The Morgan fingerprint density at radius 2 is 2.11 bits per heavy atom. The number of rotatable bonds is 8. The van der Waals surface area contributed by atoms with Gasteiger partial charge in [-0.15, -0.1) is 0 Å². The molecule has 0 unspecified atom stereocenters. The van der Waals surface area contributed by atoms with Crippen LogP contribution in [0.15, 0.2) is 18.3 Å². The van der Waals surface area contributed by atoms with Crippen LogP contribution in [0, 0.1) is 0 Å². The summed E-state index contributed by atoms with van der Waals surface area (Å²) in [5.41, 5.74) is 1.08. The molecule has 1 rings (SSSR count). The van der Waals surface area contributed by atoms with Crippen LogP contribution >= 0.6 is 0 Å². The molecule has 0 fully saturated rings. The van der Waals surface area contributed by atoms with Gasteiger partial charge in [-0.3, -0.25) is 4.98 Å². The molecule has 1 aromatic rings. The van der Waals surface area contributed by atoms with E-state index in [2.05, 4.69) is 9.88 Å². The van der Waals surface area contributed by atoms with Crippen molar-refractivity contribution in [2.24, 2.45) is 0 Å². The number of aliphatic hydroxyl groups is 1. The fraction of sp³-hybridized carbons (Fsp3) is 0.538. The molecule has 0 saturated heterocycles. The topological polar surface area (TPSA) is 73.7 Å². The molecule has 1 heterocycles. The minimum Gasteiger partial charge on any atom is -0.478 e. The monoisotopic (exact) mass is 252 g/mol. The standard InChI is InChI=1S/C13H20N2O3/c1-15(7-3-2-4-8-16)10-12-6-5-11(9-14-12)13(17)18/h5-6,9,16H,2-4,7-8,10H2,1H3,(H,17,18). The fourth-order valence-electron chi connectivity index (χ4n) is 1.67. The Balaban J connectivity index is 2.35. The second-order valence-electron chi connectivity index (χ2n) is 4.37. The number of aromatic carboxylic acids is 1. The molecule has 18 heavy (non-hydrogen) atoms. The molecule has 0 aliphatic heterocycles. The number of carboxylic acids is 1. The van der Waals surface area contributed by atoms with E-state index >= 15 is 0 Å². The highest BCUT2D eigenvalue weighted by molar-refractivity contribution is 5.87. The first-order valence-electron chi connectivity index (χ1n) is 6.11. The maximum Gasteiger partial charge on any atom is 0.337 e. The van der Waals surface area contributed by atoms with E-state index in [9.17, 15) is 4.79 Å². The van der Waals surface area contributed by atoms with Crippen LogP contribution in [0.25, 0.3) is 0 Å². The van der Waals surface area contributed by atoms with Crippen molar-refractivity contribution >= 4 is 5.97 Å². The summed E-state index contributed by atoms with van der Waals surface area (Å²) in [5, 5.41) is 17.4. The Kier molecular flexibility index (Phi) is 6.32. The summed E-state index contributed by atoms with van der Waals surface area (Å²) in [6.45, 7) is 1.91. The number of hydrogen-bond donors (Lipinski definition) is 2. The highest BCUT2D eigenvalue weighted by atomic mass is 16.4. The van der Waals surface area contributed by atoms with E-state index < -0.39 is 5.97 Å². The molecule has 0 radical (unpaired) electrons. The van der Waals surface area contributed by atoms with Crippen molar-refractivity contribution in [3.8, 4) is 0 Å². The number of unbranched alkanes of at least 4 members (excludes halogenated alkanes) is 2. The van der Waals surface area contributed by atoms with Crippen LogP contribution in [0.2, 0.25) is 0 Å². The van der Waals surface area contributed by atoms with E-state index in [0.29, 0.717) is 6.54 Å². The van der Waals surface area contributed by atoms with Gasteiger partial charge in [-0.1, -0.05) is 0 Å². The third kappa shape index (κ3) is 5.25. The summed E-state index contributed by atoms with van der Waals surface area (Å²) in [5.74, 6) is -0.952. The first-order valence-corrected chi connectivity index (χ1v) is 6.11. The molecule has 0 saturated carbocycles. The zero-order valence-corrected chi connectivity index (χ0v) is 10.7. The van der Waals surface area contributed by atoms with Gasteiger partial charge in [0.15, 0.2) is 0 Å². The Hall–Kier alpha value is -1.46. The van der Waals surface area contributed by atoms with Gasteiger partial charge in [-0.2, -0.15) is 0 Å². The molecule has 0 aromatic carbocycles. The van der Waals surface area contributed by atoms with Crippen molar-refractivity contribution in [3.63, 3.8) is 0 Å². The Morgan fingerprint density at radius 1 is 1.33 bits per heavy atom. The van der Waals surface area contributed by atoms with E-state index in [-0.39, 0.29) is 12.2 Å². The second kappa shape index (κ2) is 7.79. The van der Waals surface area contributed by atoms with Crippen molar-refractivity contribution in [2.45, 2.75) is 25.8 Å². The molecule has 5 nitrogen and oxygen atoms in total. The normalized spacial score (nSPS) is 10.8. The first kappa shape index (κ1) is 14.6. The zero-order chi connectivity index (χ0) is 13.4. The molecule has 2 N–H and O–H groups in total. The van der Waals surface area contributed by atoms with Gasteiger partial charge in [0.2, 0.25) is 0 Å². The molecule has 1 aromatic heterocycles. The van der Waals surface area contributed by atoms with Crippen LogP contribution < -0.4 is 0 Å². The van der Waals surface area contributed by atoms with Gasteiger partial charge in [-0.05, 0) is 45.0 Å². The number of aromatic nitrogens is 1. The number of carbonyl (C=O) groups is 1. The number of pyridine rings is 1. The molecule has 100 valence electrons. The zero-order valence-electron chi connectivity index (χ0n) is 10.7. The van der Waals surface area contributed by atoms with Gasteiger partial charge < -0.3 is 15.1 Å². The maximum absolute atomic E-state index is 10.7. The van der Waals surface area contributed by atoms with Gasteiger partial charge >= 0.3 is 5.97 Å². The highest BCUT2D eigenvalue weighted by Gasteiger charge is 2.05. The summed E-state index contributed by atoms with van der Waals surface area (Å²) in [6.07, 6.45) is 4.30. The predicted octanol–water partition coefficient (Wildman–Crippen LogP) is 1.37. The lowest BCUT2D eigenvalue weighted by Crippen LogP contribution is -2.20. The Labute approximate surface area is 107 Å². The van der Waals surface area contributed by atoms with Crippen LogP contribution in [0.4, 0.5) is 0 Å². The molecule has 0 aliphatic carbocycles. The fourth-order valence-corrected chi connectivity index (χ4v) is 1.67. The number of aliphatic hydroxyl groups excluding tert-OH is 1. The minimum atomic E-state index is -0.952. The third-order valence-electron chi connectivity index (χ3n) is 2.70. The summed E-state index contributed by atoms with van der Waals surface area (Å²) < 4.78 is 0. The van der Waals surface area contributed by atoms with Crippen LogP contribution in [0.5, 0.6) is 0 Å². The van der Waals surface area contributed by atoms with Crippen molar-refractivity contribution in [1.29, 1.82) is 0 Å². The van der Waals surface area contributed by atoms with Crippen LogP contribution in [0.3, 0.4) is 0 Å². The van der Waals surface area contributed by atoms with Crippen molar-refractivity contribution in [3.05, 3.63) is 29.6 Å².